The fraction of sp³-hybridized carbons (Fsp3) is 0.706. The molecule has 0 radical (unpaired) electrons. The summed E-state index contributed by atoms with van der Waals surface area (Å²) in [6.07, 6.45) is -1.12. The van der Waals surface area contributed by atoms with Gasteiger partial charge in [-0.2, -0.15) is 12.6 Å². The third-order valence-electron chi connectivity index (χ3n) is 4.72. The van der Waals surface area contributed by atoms with Crippen molar-refractivity contribution >= 4 is 42.3 Å². The van der Waals surface area contributed by atoms with E-state index in [1.54, 1.807) is 0 Å². The number of nitrogens with one attached hydrogen (secondary N) is 2. The van der Waals surface area contributed by atoms with Gasteiger partial charge < -0.3 is 36.6 Å². The van der Waals surface area contributed by atoms with Gasteiger partial charge in [0.25, 0.3) is 0 Å². The van der Waals surface area contributed by atoms with Gasteiger partial charge in [-0.1, -0.05) is 0 Å². The first-order chi connectivity index (χ1) is 14.0. The fourth-order valence-corrected chi connectivity index (χ4v) is 3.22. The SMILES string of the molecule is CC(O)C(N)C(=O)NC(CCC(=O)O)C(=O)N1CCCC1C(=O)NC(CS)C(=O)O. The molecule has 1 aliphatic rings. The predicted molar refractivity (Wildman–Crippen MR) is 107 cm³/mol. The van der Waals surface area contributed by atoms with Crippen LogP contribution >= 0.6 is 12.6 Å². The number of hydrogen-bond acceptors (Lipinski definition) is 8. The lowest BCUT2D eigenvalue weighted by Crippen LogP contribution is -2.58. The van der Waals surface area contributed by atoms with Crippen molar-refractivity contribution < 1.29 is 39.3 Å². The molecule has 5 unspecified atom stereocenters. The van der Waals surface area contributed by atoms with Crippen LogP contribution in [0.3, 0.4) is 0 Å². The third-order valence-corrected chi connectivity index (χ3v) is 5.08. The molecule has 0 aromatic heterocycles. The van der Waals surface area contributed by atoms with E-state index in [1.807, 2.05) is 0 Å². The fourth-order valence-electron chi connectivity index (χ4n) is 2.97. The Morgan fingerprint density at radius 1 is 1.17 bits per heavy atom. The van der Waals surface area contributed by atoms with Gasteiger partial charge in [0.1, 0.15) is 24.2 Å². The van der Waals surface area contributed by atoms with E-state index in [9.17, 15) is 29.1 Å². The molecular formula is C17H28N4O8S. The highest BCUT2D eigenvalue weighted by Crippen LogP contribution is 2.20. The van der Waals surface area contributed by atoms with Crippen molar-refractivity contribution in [3.63, 3.8) is 0 Å². The summed E-state index contributed by atoms with van der Waals surface area (Å²) in [6.45, 7) is 1.47. The Balaban J connectivity index is 2.96. The molecule has 0 spiro atoms. The maximum absolute atomic E-state index is 13.0. The van der Waals surface area contributed by atoms with Crippen molar-refractivity contribution in [2.75, 3.05) is 12.3 Å². The number of hydrogen-bond donors (Lipinski definition) is 7. The molecule has 3 amide bonds. The molecule has 12 nitrogen and oxygen atoms in total. The number of aliphatic hydroxyl groups is 1. The Morgan fingerprint density at radius 2 is 1.80 bits per heavy atom. The van der Waals surface area contributed by atoms with Gasteiger partial charge in [-0.3, -0.25) is 19.2 Å². The average molecular weight is 448 g/mol. The second-order valence-corrected chi connectivity index (χ2v) is 7.40. The summed E-state index contributed by atoms with van der Waals surface area (Å²) in [6, 6.07) is -4.79. The van der Waals surface area contributed by atoms with Crippen LogP contribution < -0.4 is 16.4 Å². The number of amides is 3. The van der Waals surface area contributed by atoms with E-state index in [-0.39, 0.29) is 25.1 Å². The Morgan fingerprint density at radius 3 is 2.30 bits per heavy atom. The van der Waals surface area contributed by atoms with Crippen LogP contribution in [0, 0.1) is 0 Å². The van der Waals surface area contributed by atoms with Crippen LogP contribution in [-0.4, -0.2) is 92.4 Å². The van der Waals surface area contributed by atoms with Crippen molar-refractivity contribution in [2.45, 2.75) is 62.9 Å². The minimum Gasteiger partial charge on any atom is -0.481 e. The summed E-state index contributed by atoms with van der Waals surface area (Å²) in [5.41, 5.74) is 5.56. The van der Waals surface area contributed by atoms with Crippen LogP contribution in [0.4, 0.5) is 0 Å². The molecule has 0 bridgehead atoms. The zero-order chi connectivity index (χ0) is 23.0. The quantitative estimate of drug-likeness (QED) is 0.167. The molecule has 1 fully saturated rings. The van der Waals surface area contributed by atoms with E-state index in [0.29, 0.717) is 6.42 Å². The molecule has 13 heteroatoms. The maximum atomic E-state index is 13.0. The zero-order valence-corrected chi connectivity index (χ0v) is 17.4. The molecule has 7 N–H and O–H groups in total. The van der Waals surface area contributed by atoms with E-state index >= 15 is 0 Å². The van der Waals surface area contributed by atoms with Crippen molar-refractivity contribution in [3.8, 4) is 0 Å². The molecule has 0 aromatic carbocycles. The summed E-state index contributed by atoms with van der Waals surface area (Å²) in [7, 11) is 0. The van der Waals surface area contributed by atoms with Crippen LogP contribution in [0.5, 0.6) is 0 Å². The first kappa shape index (κ1) is 25.7. The van der Waals surface area contributed by atoms with Crippen molar-refractivity contribution in [2.24, 2.45) is 5.73 Å². The number of carbonyl (C=O) groups is 5. The van der Waals surface area contributed by atoms with E-state index in [1.165, 1.54) is 11.8 Å². The van der Waals surface area contributed by atoms with Crippen molar-refractivity contribution in [3.05, 3.63) is 0 Å². The van der Waals surface area contributed by atoms with Gasteiger partial charge in [-0.15, -0.1) is 0 Å². The largest absolute Gasteiger partial charge is 0.481 e. The number of likely N-dealkylation sites (tertiary alicyclic amines) is 1. The number of aliphatic hydroxyl groups excluding tert-OH is 1. The summed E-state index contributed by atoms with van der Waals surface area (Å²) in [5.74, 6) is -4.79. The normalized spacial score (nSPS) is 20.0. The Bertz CT molecular complexity index is 674. The minimum absolute atomic E-state index is 0.143. The summed E-state index contributed by atoms with van der Waals surface area (Å²) in [5, 5.41) is 32.1. The Kier molecular flexibility index (Phi) is 10.0. The lowest BCUT2D eigenvalue weighted by molar-refractivity contribution is -0.145. The van der Waals surface area contributed by atoms with Crippen LogP contribution in [0.1, 0.15) is 32.6 Å². The highest BCUT2D eigenvalue weighted by atomic mass is 32.1. The van der Waals surface area contributed by atoms with Crippen LogP contribution in [0.15, 0.2) is 0 Å². The first-order valence-electron chi connectivity index (χ1n) is 9.39. The van der Waals surface area contributed by atoms with Gasteiger partial charge >= 0.3 is 11.9 Å². The highest BCUT2D eigenvalue weighted by Gasteiger charge is 2.39. The van der Waals surface area contributed by atoms with E-state index in [4.69, 9.17) is 15.9 Å². The predicted octanol–water partition coefficient (Wildman–Crippen LogP) is -2.47. The molecule has 1 aliphatic heterocycles. The maximum Gasteiger partial charge on any atom is 0.327 e. The molecule has 5 atom stereocenters. The summed E-state index contributed by atoms with van der Waals surface area (Å²) >= 11 is 3.88. The van der Waals surface area contributed by atoms with Gasteiger partial charge in [0, 0.05) is 18.7 Å². The second kappa shape index (κ2) is 11.7. The molecule has 0 aliphatic carbocycles. The summed E-state index contributed by atoms with van der Waals surface area (Å²) in [4.78, 5) is 60.9. The highest BCUT2D eigenvalue weighted by molar-refractivity contribution is 7.80. The smallest absolute Gasteiger partial charge is 0.327 e. The third kappa shape index (κ3) is 7.15. The molecule has 1 rings (SSSR count). The topological polar surface area (TPSA) is 199 Å². The lowest BCUT2D eigenvalue weighted by atomic mass is 10.1. The molecule has 1 saturated heterocycles. The first-order valence-corrected chi connectivity index (χ1v) is 10.0. The average Bonchev–Trinajstić information content (AvgIpc) is 3.17. The number of nitrogens with zero attached hydrogens (tertiary/aromatic N) is 1. The number of carboxylic acid groups (broad SMARTS) is 2. The van der Waals surface area contributed by atoms with E-state index < -0.39 is 66.4 Å². The van der Waals surface area contributed by atoms with Gasteiger partial charge in [-0.05, 0) is 26.2 Å². The van der Waals surface area contributed by atoms with Crippen LogP contribution in [-0.2, 0) is 24.0 Å². The van der Waals surface area contributed by atoms with Crippen LogP contribution in [0.25, 0.3) is 0 Å². The number of aliphatic carboxylic acids is 2. The number of nitrogens with two attached hydrogens (primary N) is 1. The monoisotopic (exact) mass is 448 g/mol. The van der Waals surface area contributed by atoms with Crippen molar-refractivity contribution in [1.29, 1.82) is 0 Å². The Hall–Kier alpha value is -2.38. The van der Waals surface area contributed by atoms with E-state index in [2.05, 4.69) is 23.3 Å². The number of thiol groups is 1. The van der Waals surface area contributed by atoms with Gasteiger partial charge in [-0.25, -0.2) is 4.79 Å². The Labute approximate surface area is 178 Å². The molecule has 30 heavy (non-hydrogen) atoms. The minimum atomic E-state index is -1.32. The lowest BCUT2D eigenvalue weighted by Gasteiger charge is -2.30. The number of carbonyl (C=O) groups excluding carboxylic acids is 3. The van der Waals surface area contributed by atoms with Crippen LogP contribution in [0.2, 0.25) is 0 Å². The van der Waals surface area contributed by atoms with Gasteiger partial charge in [0.15, 0.2) is 0 Å². The van der Waals surface area contributed by atoms with Crippen molar-refractivity contribution in [1.82, 2.24) is 15.5 Å². The molecular weight excluding hydrogens is 420 g/mol. The molecule has 170 valence electrons. The molecule has 0 saturated carbocycles. The standard InChI is InChI=1S/C17H28N4O8S/c1-8(22)13(18)15(26)19-9(4-5-12(23)24)16(27)21-6-2-3-11(21)14(25)20-10(7-30)17(28)29/h8-11,13,22,30H,2-7,18H2,1H3,(H,19,26)(H,20,25)(H,23,24)(H,28,29). The zero-order valence-electron chi connectivity index (χ0n) is 16.5. The van der Waals surface area contributed by atoms with Gasteiger partial charge in [0.2, 0.25) is 17.7 Å². The molecule has 0 aromatic rings. The number of carboxylic acids is 2. The summed E-state index contributed by atoms with van der Waals surface area (Å²) < 4.78 is 0. The number of rotatable bonds is 11. The molecule has 1 heterocycles. The van der Waals surface area contributed by atoms with E-state index in [0.717, 1.165) is 0 Å². The van der Waals surface area contributed by atoms with Gasteiger partial charge in [0.05, 0.1) is 6.10 Å². The second-order valence-electron chi connectivity index (χ2n) is 7.03.